The van der Waals surface area contributed by atoms with Crippen molar-refractivity contribution in [3.05, 3.63) is 30.3 Å². The van der Waals surface area contributed by atoms with E-state index >= 15 is 0 Å². The molecule has 17 heavy (non-hydrogen) atoms. The third-order valence-electron chi connectivity index (χ3n) is 2.83. The van der Waals surface area contributed by atoms with Gasteiger partial charge in [-0.2, -0.15) is 0 Å². The Morgan fingerprint density at radius 3 is 2.65 bits per heavy atom. The molecule has 1 aliphatic rings. The van der Waals surface area contributed by atoms with E-state index in [1.165, 1.54) is 19.3 Å². The van der Waals surface area contributed by atoms with Crippen LogP contribution >= 0.6 is 0 Å². The molecule has 3 heteroatoms. The summed E-state index contributed by atoms with van der Waals surface area (Å²) in [6.45, 7) is 3.85. The van der Waals surface area contributed by atoms with Gasteiger partial charge >= 0.3 is 0 Å². The smallest absolute Gasteiger partial charge is 0.119 e. The van der Waals surface area contributed by atoms with E-state index in [-0.39, 0.29) is 0 Å². The van der Waals surface area contributed by atoms with Crippen LogP contribution in [0.25, 0.3) is 0 Å². The first-order valence-electron chi connectivity index (χ1n) is 6.57. The van der Waals surface area contributed by atoms with Crippen molar-refractivity contribution in [2.24, 2.45) is 0 Å². The standard InChI is InChI=1S/C14H22N2O/c1-2-5-14(6-3-1)17-12-11-15-9-4-10-16-13-7-8-13/h1-3,5-6,13,15-16H,4,7-12H2. The van der Waals surface area contributed by atoms with Crippen molar-refractivity contribution in [1.82, 2.24) is 10.6 Å². The Morgan fingerprint density at radius 2 is 1.88 bits per heavy atom. The summed E-state index contributed by atoms with van der Waals surface area (Å²) in [5, 5.41) is 6.89. The highest BCUT2D eigenvalue weighted by molar-refractivity contribution is 5.20. The largest absolute Gasteiger partial charge is 0.492 e. The van der Waals surface area contributed by atoms with Crippen molar-refractivity contribution in [3.63, 3.8) is 0 Å². The average Bonchev–Trinajstić information content (AvgIpc) is 3.18. The second kappa shape index (κ2) is 7.30. The summed E-state index contributed by atoms with van der Waals surface area (Å²) in [5.74, 6) is 0.949. The van der Waals surface area contributed by atoms with Crippen LogP contribution in [0.5, 0.6) is 5.75 Å². The average molecular weight is 234 g/mol. The number of nitrogens with one attached hydrogen (secondary N) is 2. The van der Waals surface area contributed by atoms with Gasteiger partial charge in [-0.3, -0.25) is 0 Å². The topological polar surface area (TPSA) is 33.3 Å². The van der Waals surface area contributed by atoms with Gasteiger partial charge in [0.05, 0.1) is 0 Å². The lowest BCUT2D eigenvalue weighted by Gasteiger charge is -2.07. The van der Waals surface area contributed by atoms with Crippen LogP contribution in [0.3, 0.4) is 0 Å². The highest BCUT2D eigenvalue weighted by atomic mass is 16.5. The minimum atomic E-state index is 0.736. The highest BCUT2D eigenvalue weighted by Gasteiger charge is 2.19. The predicted octanol–water partition coefficient (Wildman–Crippen LogP) is 1.80. The van der Waals surface area contributed by atoms with E-state index in [0.717, 1.165) is 38.0 Å². The van der Waals surface area contributed by atoms with E-state index in [2.05, 4.69) is 10.6 Å². The Hall–Kier alpha value is -1.06. The zero-order valence-electron chi connectivity index (χ0n) is 10.3. The number of benzene rings is 1. The fourth-order valence-corrected chi connectivity index (χ4v) is 1.69. The molecule has 3 nitrogen and oxygen atoms in total. The molecular weight excluding hydrogens is 212 g/mol. The molecule has 0 aliphatic heterocycles. The first-order chi connectivity index (χ1) is 8.45. The van der Waals surface area contributed by atoms with E-state index in [1.54, 1.807) is 0 Å². The maximum absolute atomic E-state index is 5.58. The van der Waals surface area contributed by atoms with Gasteiger partial charge in [-0.25, -0.2) is 0 Å². The second-order valence-electron chi connectivity index (χ2n) is 4.49. The van der Waals surface area contributed by atoms with Gasteiger partial charge in [0.1, 0.15) is 12.4 Å². The van der Waals surface area contributed by atoms with Crippen LogP contribution in [0.2, 0.25) is 0 Å². The van der Waals surface area contributed by atoms with E-state index in [9.17, 15) is 0 Å². The van der Waals surface area contributed by atoms with Crippen molar-refractivity contribution in [3.8, 4) is 5.75 Å². The fraction of sp³-hybridized carbons (Fsp3) is 0.571. The molecule has 1 aliphatic carbocycles. The summed E-state index contributed by atoms with van der Waals surface area (Å²) in [7, 11) is 0. The zero-order chi connectivity index (χ0) is 11.8. The summed E-state index contributed by atoms with van der Waals surface area (Å²) < 4.78 is 5.58. The number of hydrogen-bond acceptors (Lipinski definition) is 3. The zero-order valence-corrected chi connectivity index (χ0v) is 10.3. The molecule has 2 rings (SSSR count). The van der Waals surface area contributed by atoms with Crippen molar-refractivity contribution in [1.29, 1.82) is 0 Å². The molecule has 1 fully saturated rings. The first-order valence-corrected chi connectivity index (χ1v) is 6.57. The van der Waals surface area contributed by atoms with Crippen LogP contribution in [0.1, 0.15) is 19.3 Å². The van der Waals surface area contributed by atoms with Gasteiger partial charge in [-0.1, -0.05) is 18.2 Å². The lowest BCUT2D eigenvalue weighted by Crippen LogP contribution is -2.26. The van der Waals surface area contributed by atoms with Crippen LogP contribution in [-0.4, -0.2) is 32.3 Å². The van der Waals surface area contributed by atoms with Crippen LogP contribution in [0, 0.1) is 0 Å². The second-order valence-corrected chi connectivity index (χ2v) is 4.49. The number of para-hydroxylation sites is 1. The molecule has 2 N–H and O–H groups in total. The molecule has 0 radical (unpaired) electrons. The Kier molecular flexibility index (Phi) is 5.33. The van der Waals surface area contributed by atoms with Crippen molar-refractivity contribution in [2.45, 2.75) is 25.3 Å². The van der Waals surface area contributed by atoms with Crippen LogP contribution in [0.4, 0.5) is 0 Å². The molecule has 94 valence electrons. The Balaban J connectivity index is 1.38. The molecule has 1 aromatic rings. The van der Waals surface area contributed by atoms with Crippen molar-refractivity contribution in [2.75, 3.05) is 26.2 Å². The molecule has 0 bridgehead atoms. The minimum Gasteiger partial charge on any atom is -0.492 e. The van der Waals surface area contributed by atoms with E-state index < -0.39 is 0 Å². The van der Waals surface area contributed by atoms with Gasteiger partial charge in [0.25, 0.3) is 0 Å². The van der Waals surface area contributed by atoms with E-state index in [1.807, 2.05) is 30.3 Å². The van der Waals surface area contributed by atoms with Gasteiger partial charge in [0.2, 0.25) is 0 Å². The fourth-order valence-electron chi connectivity index (χ4n) is 1.69. The molecule has 0 aromatic heterocycles. The summed E-state index contributed by atoms with van der Waals surface area (Å²) in [6.07, 6.45) is 3.94. The molecule has 1 aromatic carbocycles. The van der Waals surface area contributed by atoms with Crippen molar-refractivity contribution < 1.29 is 4.74 Å². The quantitative estimate of drug-likeness (QED) is 0.639. The molecule has 0 unspecified atom stereocenters. The maximum atomic E-state index is 5.58. The lowest BCUT2D eigenvalue weighted by molar-refractivity contribution is 0.313. The van der Waals surface area contributed by atoms with Crippen LogP contribution in [-0.2, 0) is 0 Å². The molecule has 0 heterocycles. The summed E-state index contributed by atoms with van der Waals surface area (Å²) in [5.41, 5.74) is 0. The predicted molar refractivity (Wildman–Crippen MR) is 70.4 cm³/mol. The maximum Gasteiger partial charge on any atom is 0.119 e. The third-order valence-corrected chi connectivity index (χ3v) is 2.83. The molecule has 0 saturated heterocycles. The Bertz CT molecular complexity index is 298. The molecule has 0 amide bonds. The van der Waals surface area contributed by atoms with Crippen molar-refractivity contribution >= 4 is 0 Å². The lowest BCUT2D eigenvalue weighted by atomic mass is 10.3. The van der Waals surface area contributed by atoms with Gasteiger partial charge < -0.3 is 15.4 Å². The number of rotatable bonds is 9. The Morgan fingerprint density at radius 1 is 1.06 bits per heavy atom. The third kappa shape index (κ3) is 5.71. The first kappa shape index (κ1) is 12.4. The Labute approximate surface area is 104 Å². The van der Waals surface area contributed by atoms with Crippen LogP contribution in [0.15, 0.2) is 30.3 Å². The normalized spacial score (nSPS) is 14.8. The van der Waals surface area contributed by atoms with Crippen LogP contribution < -0.4 is 15.4 Å². The van der Waals surface area contributed by atoms with E-state index in [4.69, 9.17) is 4.74 Å². The minimum absolute atomic E-state index is 0.736. The van der Waals surface area contributed by atoms with Gasteiger partial charge in [-0.15, -0.1) is 0 Å². The number of ether oxygens (including phenoxy) is 1. The van der Waals surface area contributed by atoms with E-state index in [0.29, 0.717) is 0 Å². The molecule has 1 saturated carbocycles. The number of hydrogen-bond donors (Lipinski definition) is 2. The SMILES string of the molecule is c1ccc(OCCNCCCNC2CC2)cc1. The monoisotopic (exact) mass is 234 g/mol. The summed E-state index contributed by atoms with van der Waals surface area (Å²) in [4.78, 5) is 0. The summed E-state index contributed by atoms with van der Waals surface area (Å²) >= 11 is 0. The van der Waals surface area contributed by atoms with Gasteiger partial charge in [-0.05, 0) is 44.5 Å². The molecule has 0 spiro atoms. The van der Waals surface area contributed by atoms with Gasteiger partial charge in [0.15, 0.2) is 0 Å². The molecular formula is C14H22N2O. The summed E-state index contributed by atoms with van der Waals surface area (Å²) in [6, 6.07) is 10.8. The highest BCUT2D eigenvalue weighted by Crippen LogP contribution is 2.18. The van der Waals surface area contributed by atoms with Gasteiger partial charge in [0, 0.05) is 12.6 Å². The molecule has 0 atom stereocenters.